The van der Waals surface area contributed by atoms with E-state index in [1.54, 1.807) is 0 Å². The molecule has 0 aliphatic carbocycles. The fraction of sp³-hybridized carbons (Fsp3) is 0.316. The molecule has 0 spiro atoms. The minimum atomic E-state index is 0.570. The van der Waals surface area contributed by atoms with Crippen LogP contribution in [0.2, 0.25) is 0 Å². The highest BCUT2D eigenvalue weighted by Crippen LogP contribution is 2.26. The molecule has 0 aromatic heterocycles. The second-order valence-corrected chi connectivity index (χ2v) is 5.06. The molecule has 0 heterocycles. The van der Waals surface area contributed by atoms with Gasteiger partial charge in [0.05, 0.1) is 12.2 Å². The average Bonchev–Trinajstić information content (AvgIpc) is 2.54. The van der Waals surface area contributed by atoms with Crippen molar-refractivity contribution in [3.8, 4) is 22.9 Å². The summed E-state index contributed by atoms with van der Waals surface area (Å²) in [7, 11) is 0. The molecule has 0 saturated heterocycles. The highest BCUT2D eigenvalue weighted by Gasteiger charge is 2.06. The van der Waals surface area contributed by atoms with Crippen LogP contribution in [-0.4, -0.2) is 6.61 Å². The van der Waals surface area contributed by atoms with Crippen LogP contribution >= 0.6 is 0 Å². The van der Waals surface area contributed by atoms with E-state index in [1.165, 1.54) is 18.4 Å². The summed E-state index contributed by atoms with van der Waals surface area (Å²) in [6.45, 7) is 4.70. The summed E-state index contributed by atoms with van der Waals surface area (Å²) in [5.41, 5.74) is 4.14. The van der Waals surface area contributed by atoms with Crippen molar-refractivity contribution < 1.29 is 4.74 Å². The zero-order valence-electron chi connectivity index (χ0n) is 12.7. The molecule has 108 valence electrons. The molecule has 2 nitrogen and oxygen atoms in total. The molecule has 0 N–H and O–H groups in total. The first-order chi connectivity index (χ1) is 10.3. The van der Waals surface area contributed by atoms with Crippen LogP contribution in [-0.2, 0) is 6.42 Å². The number of hydrogen-bond donors (Lipinski definition) is 0. The number of aryl methyl sites for hydroxylation is 1. The molecule has 0 saturated carbocycles. The largest absolute Gasteiger partial charge is 0.492 e. The molecule has 2 aromatic carbocycles. The maximum absolute atomic E-state index is 9.23. The second kappa shape index (κ2) is 7.50. The van der Waals surface area contributed by atoms with Gasteiger partial charge in [0.25, 0.3) is 0 Å². The van der Waals surface area contributed by atoms with Crippen LogP contribution in [0.4, 0.5) is 0 Å². The van der Waals surface area contributed by atoms with Gasteiger partial charge < -0.3 is 4.74 Å². The van der Waals surface area contributed by atoms with E-state index in [1.807, 2.05) is 25.1 Å². The minimum absolute atomic E-state index is 0.570. The van der Waals surface area contributed by atoms with Gasteiger partial charge in [0.2, 0.25) is 0 Å². The number of unbranched alkanes of at least 4 members (excludes halogenated alkanes) is 1. The summed E-state index contributed by atoms with van der Waals surface area (Å²) in [6, 6.07) is 16.6. The molecule has 0 bridgehead atoms. The first-order valence-electron chi connectivity index (χ1n) is 7.54. The summed E-state index contributed by atoms with van der Waals surface area (Å²) in [4.78, 5) is 0. The standard InChI is InChI=1S/C19H21NO/c1-3-5-6-15-7-9-16(10-8-15)17-11-12-19(21-4-2)18(13-17)14-20/h7-13H,3-6H2,1-2H3. The minimum Gasteiger partial charge on any atom is -0.492 e. The van der Waals surface area contributed by atoms with Crippen molar-refractivity contribution in [1.82, 2.24) is 0 Å². The summed E-state index contributed by atoms with van der Waals surface area (Å²) in [5, 5.41) is 9.23. The molecule has 0 radical (unpaired) electrons. The smallest absolute Gasteiger partial charge is 0.137 e. The van der Waals surface area contributed by atoms with Crippen LogP contribution in [0.1, 0.15) is 37.8 Å². The SMILES string of the molecule is CCCCc1ccc(-c2ccc(OCC)c(C#N)c2)cc1. The molecule has 21 heavy (non-hydrogen) atoms. The molecule has 2 aromatic rings. The molecule has 0 unspecified atom stereocenters. The Kier molecular flexibility index (Phi) is 5.40. The lowest BCUT2D eigenvalue weighted by molar-refractivity contribution is 0.339. The van der Waals surface area contributed by atoms with E-state index in [9.17, 15) is 5.26 Å². The fourth-order valence-electron chi connectivity index (χ4n) is 2.32. The quantitative estimate of drug-likeness (QED) is 0.748. The zero-order valence-corrected chi connectivity index (χ0v) is 12.7. The van der Waals surface area contributed by atoms with Gasteiger partial charge in [-0.25, -0.2) is 0 Å². The van der Waals surface area contributed by atoms with Crippen molar-refractivity contribution in [2.24, 2.45) is 0 Å². The Morgan fingerprint density at radius 1 is 1.00 bits per heavy atom. The molecule has 0 fully saturated rings. The summed E-state index contributed by atoms with van der Waals surface area (Å²) >= 11 is 0. The van der Waals surface area contributed by atoms with Crippen LogP contribution < -0.4 is 4.74 Å². The molecule has 0 amide bonds. The van der Waals surface area contributed by atoms with E-state index in [0.717, 1.165) is 17.5 Å². The Labute approximate surface area is 127 Å². The molecule has 0 atom stereocenters. The van der Waals surface area contributed by atoms with Crippen molar-refractivity contribution in [2.75, 3.05) is 6.61 Å². The summed E-state index contributed by atoms with van der Waals surface area (Å²) < 4.78 is 5.46. The Morgan fingerprint density at radius 2 is 1.71 bits per heavy atom. The van der Waals surface area contributed by atoms with Gasteiger partial charge in [0.1, 0.15) is 11.8 Å². The zero-order chi connectivity index (χ0) is 15.1. The molecular formula is C19H21NO. The van der Waals surface area contributed by atoms with Crippen molar-refractivity contribution in [2.45, 2.75) is 33.1 Å². The Bertz CT molecular complexity index is 623. The molecule has 0 aliphatic rings. The normalized spacial score (nSPS) is 10.1. The van der Waals surface area contributed by atoms with Crippen molar-refractivity contribution in [1.29, 1.82) is 5.26 Å². The van der Waals surface area contributed by atoms with Crippen LogP contribution in [0.15, 0.2) is 42.5 Å². The van der Waals surface area contributed by atoms with Crippen LogP contribution in [0.5, 0.6) is 5.75 Å². The molecular weight excluding hydrogens is 258 g/mol. The topological polar surface area (TPSA) is 33.0 Å². The van der Waals surface area contributed by atoms with Gasteiger partial charge in [-0.1, -0.05) is 43.7 Å². The highest BCUT2D eigenvalue weighted by atomic mass is 16.5. The van der Waals surface area contributed by atoms with Gasteiger partial charge in [-0.2, -0.15) is 5.26 Å². The first kappa shape index (κ1) is 15.1. The van der Waals surface area contributed by atoms with E-state index in [0.29, 0.717) is 17.9 Å². The lowest BCUT2D eigenvalue weighted by Crippen LogP contribution is -1.94. The third-order valence-corrected chi connectivity index (χ3v) is 3.51. The van der Waals surface area contributed by atoms with E-state index in [4.69, 9.17) is 4.74 Å². The van der Waals surface area contributed by atoms with Crippen LogP contribution in [0, 0.1) is 11.3 Å². The van der Waals surface area contributed by atoms with Gasteiger partial charge in [-0.15, -0.1) is 0 Å². The monoisotopic (exact) mass is 279 g/mol. The molecule has 0 aliphatic heterocycles. The Balaban J connectivity index is 2.23. The number of nitriles is 1. The van der Waals surface area contributed by atoms with Gasteiger partial charge in [-0.3, -0.25) is 0 Å². The average molecular weight is 279 g/mol. The summed E-state index contributed by atoms with van der Waals surface area (Å²) in [6.07, 6.45) is 3.57. The lowest BCUT2D eigenvalue weighted by atomic mass is 10.00. The van der Waals surface area contributed by atoms with Crippen molar-refractivity contribution in [3.63, 3.8) is 0 Å². The number of ether oxygens (including phenoxy) is 1. The van der Waals surface area contributed by atoms with E-state index < -0.39 is 0 Å². The van der Waals surface area contributed by atoms with Crippen molar-refractivity contribution >= 4 is 0 Å². The fourth-order valence-corrected chi connectivity index (χ4v) is 2.32. The number of rotatable bonds is 6. The maximum Gasteiger partial charge on any atom is 0.137 e. The Morgan fingerprint density at radius 3 is 2.33 bits per heavy atom. The van der Waals surface area contributed by atoms with Crippen LogP contribution in [0.3, 0.4) is 0 Å². The predicted octanol–water partition coefficient (Wildman–Crippen LogP) is 4.97. The third-order valence-electron chi connectivity index (χ3n) is 3.51. The first-order valence-corrected chi connectivity index (χ1v) is 7.54. The summed E-state index contributed by atoms with van der Waals surface area (Å²) in [5.74, 6) is 0.656. The second-order valence-electron chi connectivity index (χ2n) is 5.06. The van der Waals surface area contributed by atoms with Gasteiger partial charge in [0, 0.05) is 0 Å². The third kappa shape index (κ3) is 3.86. The van der Waals surface area contributed by atoms with Gasteiger partial charge in [0.15, 0.2) is 0 Å². The Hall–Kier alpha value is -2.27. The maximum atomic E-state index is 9.23. The highest BCUT2D eigenvalue weighted by molar-refractivity contribution is 5.67. The number of nitrogens with zero attached hydrogens (tertiary/aromatic N) is 1. The molecule has 2 heteroatoms. The van der Waals surface area contributed by atoms with Gasteiger partial charge >= 0.3 is 0 Å². The lowest BCUT2D eigenvalue weighted by Gasteiger charge is -2.08. The van der Waals surface area contributed by atoms with Gasteiger partial charge in [-0.05, 0) is 48.6 Å². The van der Waals surface area contributed by atoms with E-state index in [-0.39, 0.29) is 0 Å². The van der Waals surface area contributed by atoms with Crippen LogP contribution in [0.25, 0.3) is 11.1 Å². The molecule has 2 rings (SSSR count). The van der Waals surface area contributed by atoms with E-state index in [2.05, 4.69) is 37.3 Å². The predicted molar refractivity (Wildman–Crippen MR) is 86.4 cm³/mol. The number of benzene rings is 2. The van der Waals surface area contributed by atoms with Crippen molar-refractivity contribution in [3.05, 3.63) is 53.6 Å². The van der Waals surface area contributed by atoms with E-state index >= 15 is 0 Å². The number of hydrogen-bond acceptors (Lipinski definition) is 2.